The first-order valence-corrected chi connectivity index (χ1v) is 7.14. The van der Waals surface area contributed by atoms with Crippen molar-refractivity contribution in [1.82, 2.24) is 4.90 Å². The van der Waals surface area contributed by atoms with Crippen LogP contribution in [0.25, 0.3) is 0 Å². The number of halogens is 2. The minimum Gasteiger partial charge on any atom is -0.338 e. The molecular weight excluding hydrogens is 348 g/mol. The van der Waals surface area contributed by atoms with Gasteiger partial charge in [-0.2, -0.15) is 0 Å². The Hall–Kier alpha value is -0.390. The smallest absolute Gasteiger partial charge is 0.253 e. The molecular formula is C12H14Br2N2O. The Kier molecular flexibility index (Phi) is 4.22. The Morgan fingerprint density at radius 1 is 1.35 bits per heavy atom. The maximum Gasteiger partial charge on any atom is 0.253 e. The number of rotatable bonds is 2. The van der Waals surface area contributed by atoms with Crippen LogP contribution < -0.4 is 5.73 Å². The van der Waals surface area contributed by atoms with Crippen molar-refractivity contribution < 1.29 is 4.79 Å². The molecule has 1 aliphatic rings. The quantitative estimate of drug-likeness (QED) is 0.880. The SMILES string of the molecule is NCC1CCN(C(=O)c2cc(Br)cc(Br)c2)C1. The van der Waals surface area contributed by atoms with E-state index in [1.54, 1.807) is 0 Å². The lowest BCUT2D eigenvalue weighted by Crippen LogP contribution is -2.29. The van der Waals surface area contributed by atoms with E-state index < -0.39 is 0 Å². The third-order valence-electron chi connectivity index (χ3n) is 3.02. The van der Waals surface area contributed by atoms with E-state index in [4.69, 9.17) is 5.73 Å². The number of hydrogen-bond donors (Lipinski definition) is 1. The Morgan fingerprint density at radius 3 is 2.53 bits per heavy atom. The fourth-order valence-corrected chi connectivity index (χ4v) is 3.36. The lowest BCUT2D eigenvalue weighted by Gasteiger charge is -2.16. The molecule has 2 rings (SSSR count). The normalized spacial score (nSPS) is 19.7. The Bertz CT molecular complexity index is 416. The summed E-state index contributed by atoms with van der Waals surface area (Å²) >= 11 is 6.79. The van der Waals surface area contributed by atoms with E-state index in [-0.39, 0.29) is 5.91 Å². The second-order valence-electron chi connectivity index (χ2n) is 4.30. The maximum atomic E-state index is 12.3. The molecule has 3 nitrogen and oxygen atoms in total. The van der Waals surface area contributed by atoms with E-state index in [0.717, 1.165) is 28.5 Å². The van der Waals surface area contributed by atoms with Crippen LogP contribution in [-0.2, 0) is 0 Å². The lowest BCUT2D eigenvalue weighted by molar-refractivity contribution is 0.0787. The van der Waals surface area contributed by atoms with Gasteiger partial charge in [0.15, 0.2) is 0 Å². The molecule has 0 saturated carbocycles. The first kappa shape index (κ1) is 13.1. The molecule has 0 bridgehead atoms. The number of likely N-dealkylation sites (tertiary alicyclic amines) is 1. The summed E-state index contributed by atoms with van der Waals surface area (Å²) in [7, 11) is 0. The molecule has 0 aliphatic carbocycles. The highest BCUT2D eigenvalue weighted by Crippen LogP contribution is 2.23. The van der Waals surface area contributed by atoms with Crippen molar-refractivity contribution in [3.8, 4) is 0 Å². The van der Waals surface area contributed by atoms with Gasteiger partial charge in [-0.3, -0.25) is 4.79 Å². The molecule has 1 fully saturated rings. The van der Waals surface area contributed by atoms with Gasteiger partial charge in [0.05, 0.1) is 0 Å². The van der Waals surface area contributed by atoms with Gasteiger partial charge in [0.25, 0.3) is 5.91 Å². The van der Waals surface area contributed by atoms with Crippen molar-refractivity contribution in [2.24, 2.45) is 11.7 Å². The third kappa shape index (κ3) is 3.09. The molecule has 1 aromatic rings. The van der Waals surface area contributed by atoms with E-state index in [2.05, 4.69) is 31.9 Å². The molecule has 1 saturated heterocycles. The molecule has 0 aromatic heterocycles. The van der Waals surface area contributed by atoms with E-state index >= 15 is 0 Å². The molecule has 1 unspecified atom stereocenters. The minimum absolute atomic E-state index is 0.0861. The van der Waals surface area contributed by atoms with Gasteiger partial charge in [-0.15, -0.1) is 0 Å². The number of carbonyl (C=O) groups excluding carboxylic acids is 1. The van der Waals surface area contributed by atoms with Crippen LogP contribution in [0.2, 0.25) is 0 Å². The summed E-state index contributed by atoms with van der Waals surface area (Å²) in [6.45, 7) is 2.25. The van der Waals surface area contributed by atoms with Crippen LogP contribution in [-0.4, -0.2) is 30.4 Å². The van der Waals surface area contributed by atoms with Crippen molar-refractivity contribution in [2.45, 2.75) is 6.42 Å². The van der Waals surface area contributed by atoms with Crippen molar-refractivity contribution in [3.05, 3.63) is 32.7 Å². The minimum atomic E-state index is 0.0861. The fraction of sp³-hybridized carbons (Fsp3) is 0.417. The molecule has 0 spiro atoms. The largest absolute Gasteiger partial charge is 0.338 e. The van der Waals surface area contributed by atoms with Gasteiger partial charge in [0.1, 0.15) is 0 Å². The maximum absolute atomic E-state index is 12.3. The first-order chi connectivity index (χ1) is 8.10. The fourth-order valence-electron chi connectivity index (χ4n) is 2.07. The highest BCUT2D eigenvalue weighted by atomic mass is 79.9. The zero-order valence-electron chi connectivity index (χ0n) is 9.33. The molecule has 2 N–H and O–H groups in total. The molecule has 5 heteroatoms. The second-order valence-corrected chi connectivity index (χ2v) is 6.13. The number of hydrogen-bond acceptors (Lipinski definition) is 2. The van der Waals surface area contributed by atoms with Crippen LogP contribution >= 0.6 is 31.9 Å². The number of amides is 1. The molecule has 1 atom stereocenters. The summed E-state index contributed by atoms with van der Waals surface area (Å²) in [5, 5.41) is 0. The van der Waals surface area contributed by atoms with E-state index in [1.165, 1.54) is 0 Å². The van der Waals surface area contributed by atoms with Gasteiger partial charge in [-0.1, -0.05) is 31.9 Å². The molecule has 92 valence electrons. The average Bonchev–Trinajstić information content (AvgIpc) is 2.75. The zero-order chi connectivity index (χ0) is 12.4. The van der Waals surface area contributed by atoms with E-state index in [1.807, 2.05) is 23.1 Å². The Balaban J connectivity index is 2.14. The molecule has 1 aromatic carbocycles. The van der Waals surface area contributed by atoms with Crippen molar-refractivity contribution >= 4 is 37.8 Å². The van der Waals surface area contributed by atoms with Gasteiger partial charge >= 0.3 is 0 Å². The topological polar surface area (TPSA) is 46.3 Å². The van der Waals surface area contributed by atoms with Crippen LogP contribution in [0.1, 0.15) is 16.8 Å². The Morgan fingerprint density at radius 2 is 2.00 bits per heavy atom. The van der Waals surface area contributed by atoms with Crippen molar-refractivity contribution in [1.29, 1.82) is 0 Å². The number of carbonyl (C=O) groups is 1. The van der Waals surface area contributed by atoms with Gasteiger partial charge in [-0.25, -0.2) is 0 Å². The number of nitrogens with zero attached hydrogens (tertiary/aromatic N) is 1. The molecule has 17 heavy (non-hydrogen) atoms. The first-order valence-electron chi connectivity index (χ1n) is 5.55. The van der Waals surface area contributed by atoms with Crippen LogP contribution in [0, 0.1) is 5.92 Å². The van der Waals surface area contributed by atoms with Crippen molar-refractivity contribution in [3.63, 3.8) is 0 Å². The highest BCUT2D eigenvalue weighted by Gasteiger charge is 2.26. The van der Waals surface area contributed by atoms with Crippen LogP contribution in [0.15, 0.2) is 27.1 Å². The molecule has 1 amide bonds. The summed E-state index contributed by atoms with van der Waals surface area (Å²) in [4.78, 5) is 14.1. The number of nitrogens with two attached hydrogens (primary N) is 1. The summed E-state index contributed by atoms with van der Waals surface area (Å²) in [6, 6.07) is 5.62. The second kappa shape index (κ2) is 5.50. The van der Waals surface area contributed by atoms with Crippen molar-refractivity contribution in [2.75, 3.05) is 19.6 Å². The summed E-state index contributed by atoms with van der Waals surface area (Å²) in [6.07, 6.45) is 1.01. The monoisotopic (exact) mass is 360 g/mol. The predicted molar refractivity (Wildman–Crippen MR) is 74.9 cm³/mol. The van der Waals surface area contributed by atoms with Gasteiger partial charge in [-0.05, 0) is 37.1 Å². The van der Waals surface area contributed by atoms with Crippen LogP contribution in [0.5, 0.6) is 0 Å². The highest BCUT2D eigenvalue weighted by molar-refractivity contribution is 9.11. The predicted octanol–water partition coefficient (Wildman–Crippen LogP) is 2.63. The average molecular weight is 362 g/mol. The Labute approximate surface area is 118 Å². The van der Waals surface area contributed by atoms with Gasteiger partial charge in [0, 0.05) is 27.6 Å². The standard InChI is InChI=1S/C12H14Br2N2O/c13-10-3-9(4-11(14)5-10)12(17)16-2-1-8(6-15)7-16/h3-5,8H,1-2,6-7,15H2. The summed E-state index contributed by atoms with van der Waals surface area (Å²) in [5.74, 6) is 0.539. The van der Waals surface area contributed by atoms with E-state index in [9.17, 15) is 4.79 Å². The number of benzene rings is 1. The molecule has 0 radical (unpaired) electrons. The molecule has 1 aliphatic heterocycles. The van der Waals surface area contributed by atoms with Crippen LogP contribution in [0.4, 0.5) is 0 Å². The third-order valence-corrected chi connectivity index (χ3v) is 3.93. The van der Waals surface area contributed by atoms with E-state index in [0.29, 0.717) is 18.0 Å². The zero-order valence-corrected chi connectivity index (χ0v) is 12.5. The van der Waals surface area contributed by atoms with Crippen LogP contribution in [0.3, 0.4) is 0 Å². The summed E-state index contributed by atoms with van der Waals surface area (Å²) < 4.78 is 1.81. The summed E-state index contributed by atoms with van der Waals surface area (Å²) in [5.41, 5.74) is 6.34. The van der Waals surface area contributed by atoms with Gasteiger partial charge in [0.2, 0.25) is 0 Å². The van der Waals surface area contributed by atoms with Gasteiger partial charge < -0.3 is 10.6 Å². The molecule has 1 heterocycles. The lowest BCUT2D eigenvalue weighted by atomic mass is 10.1.